The molecule has 1 aliphatic heterocycles. The van der Waals surface area contributed by atoms with Gasteiger partial charge in [-0.15, -0.1) is 5.75 Å². The van der Waals surface area contributed by atoms with Crippen molar-refractivity contribution in [3.8, 4) is 5.75 Å². The van der Waals surface area contributed by atoms with Crippen LogP contribution in [-0.2, 0) is 16.1 Å². The minimum absolute atomic E-state index is 0.0304. The van der Waals surface area contributed by atoms with Crippen LogP contribution in [0.15, 0.2) is 27.4 Å². The number of ether oxygens (including phenoxy) is 1. The molecular weight excluding hydrogens is 322 g/mol. The number of piperidine rings is 1. The van der Waals surface area contributed by atoms with Crippen molar-refractivity contribution in [3.63, 3.8) is 0 Å². The van der Waals surface area contributed by atoms with Crippen LogP contribution in [-0.4, -0.2) is 25.7 Å². The van der Waals surface area contributed by atoms with Gasteiger partial charge in [-0.05, 0) is 19.9 Å². The number of carbonyl (C=O) groups is 1. The molecule has 1 saturated heterocycles. The van der Waals surface area contributed by atoms with Crippen LogP contribution in [0, 0.1) is 12.8 Å². The Morgan fingerprint density at radius 2 is 2.04 bits per heavy atom. The fourth-order valence-electron chi connectivity index (χ4n) is 3.47. The van der Waals surface area contributed by atoms with Gasteiger partial charge in [-0.25, -0.2) is 4.79 Å². The van der Waals surface area contributed by atoms with Crippen molar-refractivity contribution < 1.29 is 24.0 Å². The quantitative estimate of drug-likeness (QED) is 0.646. The standard InChI is InChI=1S/C19H23NO5/c1-3-24-19(23)13-4-6-20(7-5-13)11-14-9-18(22)25-17-8-12(2)16(21)10-15(14)17/h8-10,13,21H,3-7,11H2,1-2H3. The summed E-state index contributed by atoms with van der Waals surface area (Å²) < 4.78 is 10.3. The highest BCUT2D eigenvalue weighted by molar-refractivity contribution is 5.82. The molecule has 134 valence electrons. The summed E-state index contributed by atoms with van der Waals surface area (Å²) >= 11 is 0. The Hall–Kier alpha value is -2.34. The van der Waals surface area contributed by atoms with Crippen LogP contribution in [0.2, 0.25) is 0 Å². The molecule has 0 radical (unpaired) electrons. The minimum atomic E-state index is -0.402. The van der Waals surface area contributed by atoms with E-state index in [1.165, 1.54) is 11.0 Å². The van der Waals surface area contributed by atoms with Gasteiger partial charge in [0, 0.05) is 29.9 Å². The van der Waals surface area contributed by atoms with Crippen LogP contribution < -0.4 is 15.6 Å². The van der Waals surface area contributed by atoms with E-state index < -0.39 is 5.63 Å². The first kappa shape index (κ1) is 17.5. The second-order valence-corrected chi connectivity index (χ2v) is 6.66. The van der Waals surface area contributed by atoms with Gasteiger partial charge in [-0.2, -0.15) is 0 Å². The monoisotopic (exact) mass is 345 g/mol. The Kier molecular flexibility index (Phi) is 5.08. The molecule has 0 bridgehead atoms. The molecule has 3 rings (SSSR count). The van der Waals surface area contributed by atoms with E-state index >= 15 is 0 Å². The number of hydrogen-bond acceptors (Lipinski definition) is 5. The van der Waals surface area contributed by atoms with Crippen molar-refractivity contribution in [1.29, 1.82) is 0 Å². The number of carbonyl (C=O) groups excluding carboxylic acids is 1. The smallest absolute Gasteiger partial charge is 0.336 e. The van der Waals surface area contributed by atoms with Crippen LogP contribution in [0.3, 0.4) is 0 Å². The summed E-state index contributed by atoms with van der Waals surface area (Å²) in [5.41, 5.74) is 1.45. The summed E-state index contributed by atoms with van der Waals surface area (Å²) in [6, 6.07) is 4.65. The average molecular weight is 345 g/mol. The van der Waals surface area contributed by atoms with Crippen LogP contribution in [0.25, 0.3) is 11.0 Å². The van der Waals surface area contributed by atoms with Crippen LogP contribution in [0.4, 0.5) is 0 Å². The molecule has 6 nitrogen and oxygen atoms in total. The molecule has 0 atom stereocenters. The first-order chi connectivity index (χ1) is 12.0. The third-order valence-corrected chi connectivity index (χ3v) is 4.88. The normalized spacial score (nSPS) is 20.6. The van der Waals surface area contributed by atoms with E-state index in [1.807, 2.05) is 6.92 Å². The summed E-state index contributed by atoms with van der Waals surface area (Å²) in [7, 11) is 0. The average Bonchev–Trinajstić information content (AvgIpc) is 2.57. The minimum Gasteiger partial charge on any atom is -0.872 e. The van der Waals surface area contributed by atoms with Gasteiger partial charge >= 0.3 is 11.6 Å². The summed E-state index contributed by atoms with van der Waals surface area (Å²) in [5, 5.41) is 12.7. The van der Waals surface area contributed by atoms with E-state index in [-0.39, 0.29) is 17.6 Å². The number of rotatable bonds is 4. The van der Waals surface area contributed by atoms with E-state index in [0.29, 0.717) is 29.7 Å². The molecule has 6 heteroatoms. The molecule has 2 aromatic rings. The van der Waals surface area contributed by atoms with Gasteiger partial charge in [0.15, 0.2) is 0 Å². The number of hydrogen-bond donors (Lipinski definition) is 1. The fourth-order valence-corrected chi connectivity index (χ4v) is 3.47. The maximum Gasteiger partial charge on any atom is 0.336 e. The van der Waals surface area contributed by atoms with Crippen molar-refractivity contribution in [2.45, 2.75) is 33.2 Å². The van der Waals surface area contributed by atoms with Gasteiger partial charge in [0.1, 0.15) is 12.1 Å². The topological polar surface area (TPSA) is 84.0 Å². The van der Waals surface area contributed by atoms with Gasteiger partial charge in [0.25, 0.3) is 0 Å². The number of aryl methyl sites for hydroxylation is 1. The molecule has 2 heterocycles. The Morgan fingerprint density at radius 1 is 1.32 bits per heavy atom. The van der Waals surface area contributed by atoms with Crippen LogP contribution in [0.1, 0.15) is 30.9 Å². The van der Waals surface area contributed by atoms with Gasteiger partial charge in [0.2, 0.25) is 0 Å². The van der Waals surface area contributed by atoms with E-state index in [0.717, 1.165) is 31.5 Å². The number of benzene rings is 1. The highest BCUT2D eigenvalue weighted by atomic mass is 16.5. The first-order valence-electron chi connectivity index (χ1n) is 8.72. The molecule has 0 amide bonds. The van der Waals surface area contributed by atoms with Crippen LogP contribution >= 0.6 is 0 Å². The summed E-state index contributed by atoms with van der Waals surface area (Å²) in [4.78, 5) is 25.0. The zero-order valence-corrected chi connectivity index (χ0v) is 14.6. The zero-order chi connectivity index (χ0) is 18.0. The lowest BCUT2D eigenvalue weighted by Gasteiger charge is -2.28. The molecular formula is C19H23NO5. The molecule has 1 N–H and O–H groups in total. The summed E-state index contributed by atoms with van der Waals surface area (Å²) in [6.45, 7) is 6.24. The van der Waals surface area contributed by atoms with E-state index in [9.17, 15) is 14.7 Å². The maximum absolute atomic E-state index is 12.0. The number of likely N-dealkylation sites (tertiary alicyclic amines) is 1. The van der Waals surface area contributed by atoms with Gasteiger partial charge in [-0.1, -0.05) is 11.6 Å². The summed E-state index contributed by atoms with van der Waals surface area (Å²) in [6.07, 6.45) is 1.55. The number of fused-ring (bicyclic) bond motifs is 1. The van der Waals surface area contributed by atoms with Crippen molar-refractivity contribution in [1.82, 2.24) is 0 Å². The third-order valence-electron chi connectivity index (χ3n) is 4.88. The molecule has 1 aromatic heterocycles. The van der Waals surface area contributed by atoms with E-state index in [1.54, 1.807) is 19.1 Å². The number of nitrogens with one attached hydrogen (secondary N) is 1. The molecule has 0 saturated carbocycles. The molecule has 1 fully saturated rings. The highest BCUT2D eigenvalue weighted by Crippen LogP contribution is 2.24. The fraction of sp³-hybridized carbons (Fsp3) is 0.474. The van der Waals surface area contributed by atoms with Gasteiger partial charge < -0.3 is 19.2 Å². The molecule has 25 heavy (non-hydrogen) atoms. The Morgan fingerprint density at radius 3 is 2.72 bits per heavy atom. The van der Waals surface area contributed by atoms with Crippen molar-refractivity contribution in [2.24, 2.45) is 5.92 Å². The third kappa shape index (κ3) is 3.85. The molecule has 1 aromatic carbocycles. The van der Waals surface area contributed by atoms with Gasteiger partial charge in [0.05, 0.1) is 25.6 Å². The summed E-state index contributed by atoms with van der Waals surface area (Å²) in [5.74, 6) is -0.199. The van der Waals surface area contributed by atoms with E-state index in [2.05, 4.69) is 0 Å². The maximum atomic E-state index is 12.0. The predicted octanol–water partition coefficient (Wildman–Crippen LogP) is 0.533. The van der Waals surface area contributed by atoms with Crippen molar-refractivity contribution in [2.75, 3.05) is 19.7 Å². The Balaban J connectivity index is 1.77. The molecule has 0 unspecified atom stereocenters. The van der Waals surface area contributed by atoms with E-state index in [4.69, 9.17) is 9.15 Å². The van der Waals surface area contributed by atoms with Crippen molar-refractivity contribution >= 4 is 16.9 Å². The number of esters is 1. The van der Waals surface area contributed by atoms with Gasteiger partial charge in [-0.3, -0.25) is 4.79 Å². The lowest BCUT2D eigenvalue weighted by atomic mass is 9.96. The zero-order valence-electron chi connectivity index (χ0n) is 14.6. The molecule has 1 aliphatic rings. The second kappa shape index (κ2) is 7.27. The largest absolute Gasteiger partial charge is 0.872 e. The molecule has 0 spiro atoms. The lowest BCUT2D eigenvalue weighted by molar-refractivity contribution is -0.919. The number of quaternary nitrogens is 1. The second-order valence-electron chi connectivity index (χ2n) is 6.66. The molecule has 0 aliphatic carbocycles. The first-order valence-corrected chi connectivity index (χ1v) is 8.72. The van der Waals surface area contributed by atoms with Crippen molar-refractivity contribution in [3.05, 3.63) is 39.7 Å². The SMILES string of the molecule is CCOC(=O)C1CC[NH+](Cc2cc(=O)oc3cc(C)c([O-])cc23)CC1. The highest BCUT2D eigenvalue weighted by Gasteiger charge is 2.28. The lowest BCUT2D eigenvalue weighted by Crippen LogP contribution is -3.11. The Bertz CT molecular complexity index is 834. The predicted molar refractivity (Wildman–Crippen MR) is 90.4 cm³/mol. The van der Waals surface area contributed by atoms with Crippen LogP contribution in [0.5, 0.6) is 5.75 Å². The Labute approximate surface area is 146 Å².